The third kappa shape index (κ3) is 8.87. The molecule has 0 nitrogen and oxygen atoms in total. The van der Waals surface area contributed by atoms with Crippen LogP contribution in [0.4, 0.5) is 0 Å². The predicted octanol–water partition coefficient (Wildman–Crippen LogP) is -1.14. The van der Waals surface area contributed by atoms with Crippen LogP contribution in [0, 0.1) is 0 Å². The molecule has 4 heteroatoms. The van der Waals surface area contributed by atoms with Gasteiger partial charge in [-0.05, 0) is 0 Å². The zero-order valence-electron chi connectivity index (χ0n) is 1.63. The number of hydrogen-bond donors (Lipinski definition) is 0. The Bertz CT molecular complexity index is 3.25. The van der Waals surface area contributed by atoms with E-state index in [1.54, 1.807) is 0 Å². The van der Waals surface area contributed by atoms with Crippen LogP contribution in [0.3, 0.4) is 0 Å². The molecule has 0 aromatic rings. The van der Waals surface area contributed by atoms with E-state index >= 15 is 0 Å². The van der Waals surface area contributed by atoms with Crippen LogP contribution in [0.5, 0.6) is 0 Å². The van der Waals surface area contributed by atoms with Crippen molar-refractivity contribution < 1.29 is 21.1 Å². The zero-order chi connectivity index (χ0) is 0. The first-order valence-corrected chi connectivity index (χ1v) is 0. The van der Waals surface area contributed by atoms with Gasteiger partial charge in [-0.3, -0.25) is 0 Å². The van der Waals surface area contributed by atoms with Gasteiger partial charge in [0.15, 0.2) is 0 Å². The Morgan fingerprint density at radius 3 is 0.500 bits per heavy atom. The minimum Gasteiger partial charge on any atom is -2.00 e. The van der Waals surface area contributed by atoms with Gasteiger partial charge >= 0.3 is 0 Å². The maximum absolute atomic E-state index is 0. The van der Waals surface area contributed by atoms with Gasteiger partial charge in [0.2, 0.25) is 0 Å². The SMILES string of the molecule is [Se-2].[Se-2].[Se-2].[W]. The molecule has 0 N–H and O–H groups in total. The first-order valence-electron chi connectivity index (χ1n) is 0. The summed E-state index contributed by atoms with van der Waals surface area (Å²) in [6.07, 6.45) is 0. The van der Waals surface area contributed by atoms with Gasteiger partial charge in [-0.1, -0.05) is 0 Å². The third-order valence-electron chi connectivity index (χ3n) is 0. The molecule has 0 fully saturated rings. The molecule has 0 aliphatic rings. The summed E-state index contributed by atoms with van der Waals surface area (Å²) in [5.41, 5.74) is 0. The summed E-state index contributed by atoms with van der Waals surface area (Å²) in [4.78, 5) is 0. The van der Waals surface area contributed by atoms with Crippen LogP contribution in [0.25, 0.3) is 0 Å². The standard InChI is InChI=1S/3Se.W/q3*-2;. The summed E-state index contributed by atoms with van der Waals surface area (Å²) in [5, 5.41) is 0. The molecule has 0 heterocycles. The molecule has 0 rings (SSSR count). The molecule has 0 radical (unpaired) electrons. The predicted molar refractivity (Wildman–Crippen MR) is 17.3 cm³/mol. The van der Waals surface area contributed by atoms with E-state index in [1.165, 1.54) is 0 Å². The summed E-state index contributed by atoms with van der Waals surface area (Å²) in [5.74, 6) is 0. The topological polar surface area (TPSA) is 0 Å². The molecule has 0 saturated heterocycles. The van der Waals surface area contributed by atoms with Crippen LogP contribution >= 0.6 is 0 Å². The monoisotopic (exact) mass is 424 g/mol. The van der Waals surface area contributed by atoms with Gasteiger partial charge < -0.3 is 51.2 Å². The van der Waals surface area contributed by atoms with Crippen LogP contribution in [-0.4, -0.2) is 51.2 Å². The second kappa shape index (κ2) is 18.7. The van der Waals surface area contributed by atoms with Crippen molar-refractivity contribution in [3.63, 3.8) is 0 Å². The summed E-state index contributed by atoms with van der Waals surface area (Å²) in [6, 6.07) is 0. The Morgan fingerprint density at radius 1 is 0.500 bits per heavy atom. The fraction of sp³-hybridized carbons (Fsp3) is 0. The average Bonchev–Trinajstić information content (AvgIpc) is 0. The molecule has 0 amide bonds. The van der Waals surface area contributed by atoms with Crippen LogP contribution < -0.4 is 0 Å². The zero-order valence-corrected chi connectivity index (χ0v) is 9.71. The van der Waals surface area contributed by atoms with Crippen LogP contribution in [-0.2, 0) is 21.1 Å². The molecule has 0 aromatic heterocycles. The molecule has 0 bridgehead atoms. The maximum atomic E-state index is 0. The van der Waals surface area contributed by atoms with Crippen molar-refractivity contribution in [1.29, 1.82) is 0 Å². The van der Waals surface area contributed by atoms with E-state index in [4.69, 9.17) is 0 Å². The molecule has 0 aliphatic carbocycles. The van der Waals surface area contributed by atoms with Crippen molar-refractivity contribution in [3.8, 4) is 0 Å². The fourth-order valence-corrected chi connectivity index (χ4v) is 0. The molecular formula is Se3W-6. The fourth-order valence-electron chi connectivity index (χ4n) is 0. The van der Waals surface area contributed by atoms with Crippen molar-refractivity contribution in [1.82, 2.24) is 0 Å². The summed E-state index contributed by atoms with van der Waals surface area (Å²) < 4.78 is 0. The van der Waals surface area contributed by atoms with Crippen LogP contribution in [0.2, 0.25) is 0 Å². The quantitative estimate of drug-likeness (QED) is 0.435. The minimum atomic E-state index is 0. The van der Waals surface area contributed by atoms with Crippen molar-refractivity contribution in [3.05, 3.63) is 0 Å². The Balaban J connectivity index is 0. The molecule has 4 heavy (non-hydrogen) atoms. The first-order chi connectivity index (χ1) is 0. The van der Waals surface area contributed by atoms with Crippen molar-refractivity contribution >= 4 is 51.2 Å². The molecule has 0 atom stereocenters. The molecule has 0 aromatic carbocycles. The van der Waals surface area contributed by atoms with Crippen molar-refractivity contribution in [2.24, 2.45) is 0 Å². The van der Waals surface area contributed by atoms with Crippen molar-refractivity contribution in [2.75, 3.05) is 0 Å². The Morgan fingerprint density at radius 2 is 0.500 bits per heavy atom. The van der Waals surface area contributed by atoms with E-state index in [0.29, 0.717) is 0 Å². The van der Waals surface area contributed by atoms with Gasteiger partial charge in [0.05, 0.1) is 0 Å². The van der Waals surface area contributed by atoms with Gasteiger partial charge in [-0.15, -0.1) is 0 Å². The third-order valence-corrected chi connectivity index (χ3v) is 0. The van der Waals surface area contributed by atoms with E-state index in [1.807, 2.05) is 0 Å². The Hall–Kier alpha value is 2.25. The number of hydrogen-bond acceptors (Lipinski definition) is 0. The molecular weight excluding hydrogens is 421 g/mol. The molecule has 0 aliphatic heterocycles. The van der Waals surface area contributed by atoms with Crippen LogP contribution in [0.15, 0.2) is 0 Å². The largest absolute Gasteiger partial charge is 2.00 e. The van der Waals surface area contributed by atoms with Gasteiger partial charge in [-0.2, -0.15) is 0 Å². The second-order valence-corrected chi connectivity index (χ2v) is 0. The Kier molecular flexibility index (Phi) is 160. The number of rotatable bonds is 0. The molecule has 0 spiro atoms. The van der Waals surface area contributed by atoms with E-state index < -0.39 is 0 Å². The van der Waals surface area contributed by atoms with E-state index in [0.717, 1.165) is 0 Å². The van der Waals surface area contributed by atoms with Crippen molar-refractivity contribution in [2.45, 2.75) is 0 Å². The first kappa shape index (κ1) is 34.1. The van der Waals surface area contributed by atoms with Crippen LogP contribution in [0.1, 0.15) is 0 Å². The Labute approximate surface area is 71.5 Å². The normalized spacial score (nSPS) is 0. The minimum absolute atomic E-state index is 0. The van der Waals surface area contributed by atoms with Gasteiger partial charge in [0.25, 0.3) is 0 Å². The van der Waals surface area contributed by atoms with E-state index in [9.17, 15) is 0 Å². The maximum Gasteiger partial charge on any atom is 0 e. The second-order valence-electron chi connectivity index (χ2n) is 0. The molecule has 0 saturated carbocycles. The molecule has 0 unspecified atom stereocenters. The van der Waals surface area contributed by atoms with Gasteiger partial charge in [0, 0.05) is 21.1 Å². The summed E-state index contributed by atoms with van der Waals surface area (Å²) in [7, 11) is 0. The summed E-state index contributed by atoms with van der Waals surface area (Å²) >= 11 is 0. The van der Waals surface area contributed by atoms with E-state index in [2.05, 4.69) is 0 Å². The smallest absolute Gasteiger partial charge is 0 e. The van der Waals surface area contributed by atoms with E-state index in [-0.39, 0.29) is 72.3 Å². The van der Waals surface area contributed by atoms with Gasteiger partial charge in [-0.25, -0.2) is 0 Å². The summed E-state index contributed by atoms with van der Waals surface area (Å²) in [6.45, 7) is 0. The van der Waals surface area contributed by atoms with Gasteiger partial charge in [0.1, 0.15) is 0 Å². The average molecular weight is 421 g/mol. The molecule has 30 valence electrons.